The Morgan fingerprint density at radius 3 is 2.50 bits per heavy atom. The third kappa shape index (κ3) is 4.20. The third-order valence-electron chi connectivity index (χ3n) is 4.21. The number of anilines is 1. The summed E-state index contributed by atoms with van der Waals surface area (Å²) in [6.07, 6.45) is 0.120. The maximum Gasteiger partial charge on any atom is 0.311 e. The van der Waals surface area contributed by atoms with E-state index in [0.717, 1.165) is 11.4 Å². The molecule has 0 N–H and O–H groups in total. The number of amides is 1. The first kappa shape index (κ1) is 17.9. The van der Waals surface area contributed by atoms with Gasteiger partial charge in [-0.1, -0.05) is 12.1 Å². The Labute approximate surface area is 151 Å². The van der Waals surface area contributed by atoms with Crippen molar-refractivity contribution in [2.75, 3.05) is 18.1 Å². The van der Waals surface area contributed by atoms with Crippen LogP contribution in [0.2, 0.25) is 0 Å². The molecule has 1 heterocycles. The molecule has 2 aromatic carbocycles. The van der Waals surface area contributed by atoms with Crippen LogP contribution in [0.4, 0.5) is 10.1 Å². The Morgan fingerprint density at radius 1 is 1.15 bits per heavy atom. The van der Waals surface area contributed by atoms with Crippen molar-refractivity contribution >= 4 is 17.6 Å². The quantitative estimate of drug-likeness (QED) is 0.744. The molecule has 1 unspecified atom stereocenters. The lowest BCUT2D eigenvalue weighted by Gasteiger charge is -2.17. The first-order valence-electron chi connectivity index (χ1n) is 8.51. The minimum Gasteiger partial charge on any atom is -0.494 e. The van der Waals surface area contributed by atoms with E-state index in [1.165, 1.54) is 12.1 Å². The van der Waals surface area contributed by atoms with Crippen molar-refractivity contribution < 1.29 is 23.5 Å². The highest BCUT2D eigenvalue weighted by atomic mass is 19.1. The van der Waals surface area contributed by atoms with E-state index in [2.05, 4.69) is 0 Å². The van der Waals surface area contributed by atoms with Crippen molar-refractivity contribution in [2.45, 2.75) is 20.0 Å². The van der Waals surface area contributed by atoms with Crippen molar-refractivity contribution in [3.8, 4) is 5.75 Å². The van der Waals surface area contributed by atoms with E-state index >= 15 is 0 Å². The average molecular weight is 357 g/mol. The van der Waals surface area contributed by atoms with Gasteiger partial charge in [-0.2, -0.15) is 0 Å². The summed E-state index contributed by atoms with van der Waals surface area (Å²) in [7, 11) is 0. The molecule has 6 heteroatoms. The van der Waals surface area contributed by atoms with Crippen LogP contribution in [-0.2, 0) is 20.9 Å². The monoisotopic (exact) mass is 357 g/mol. The SMILES string of the molecule is CCOc1ccc(N2CC(C(=O)OCc3ccc(F)cc3)CC2=O)cc1. The molecule has 3 rings (SSSR count). The number of rotatable bonds is 6. The molecule has 0 aromatic heterocycles. The molecule has 0 radical (unpaired) electrons. The number of ether oxygens (including phenoxy) is 2. The molecular weight excluding hydrogens is 337 g/mol. The summed E-state index contributed by atoms with van der Waals surface area (Å²) < 4.78 is 23.6. The summed E-state index contributed by atoms with van der Waals surface area (Å²) in [4.78, 5) is 26.1. The van der Waals surface area contributed by atoms with Gasteiger partial charge in [0.1, 0.15) is 18.2 Å². The molecule has 0 aliphatic carbocycles. The van der Waals surface area contributed by atoms with Crippen LogP contribution in [0.3, 0.4) is 0 Å². The Morgan fingerprint density at radius 2 is 1.85 bits per heavy atom. The number of nitrogens with zero attached hydrogens (tertiary/aromatic N) is 1. The molecule has 136 valence electrons. The van der Waals surface area contributed by atoms with Gasteiger partial charge in [-0.25, -0.2) is 4.39 Å². The van der Waals surface area contributed by atoms with Crippen LogP contribution in [0, 0.1) is 11.7 Å². The smallest absolute Gasteiger partial charge is 0.311 e. The minimum atomic E-state index is -0.505. The maximum atomic E-state index is 12.9. The predicted octanol–water partition coefficient (Wildman–Crippen LogP) is 3.32. The van der Waals surface area contributed by atoms with E-state index in [0.29, 0.717) is 12.2 Å². The Balaban J connectivity index is 1.57. The third-order valence-corrected chi connectivity index (χ3v) is 4.21. The number of halogens is 1. The molecule has 1 fully saturated rings. The summed E-state index contributed by atoms with van der Waals surface area (Å²) in [5.41, 5.74) is 1.43. The van der Waals surface area contributed by atoms with Gasteiger partial charge in [0.05, 0.1) is 12.5 Å². The highest BCUT2D eigenvalue weighted by molar-refractivity contribution is 5.99. The van der Waals surface area contributed by atoms with Crippen LogP contribution in [-0.4, -0.2) is 25.0 Å². The molecule has 5 nitrogen and oxygen atoms in total. The number of carbonyl (C=O) groups excluding carboxylic acids is 2. The molecule has 2 aromatic rings. The number of carbonyl (C=O) groups is 2. The van der Waals surface area contributed by atoms with E-state index in [9.17, 15) is 14.0 Å². The van der Waals surface area contributed by atoms with E-state index in [4.69, 9.17) is 9.47 Å². The molecular formula is C20H20FNO4. The predicted molar refractivity (Wildman–Crippen MR) is 94.3 cm³/mol. The van der Waals surface area contributed by atoms with Gasteiger partial charge in [0.15, 0.2) is 0 Å². The molecule has 0 bridgehead atoms. The zero-order chi connectivity index (χ0) is 18.5. The lowest BCUT2D eigenvalue weighted by atomic mass is 10.1. The Hall–Kier alpha value is -2.89. The normalized spacial score (nSPS) is 16.6. The maximum absolute atomic E-state index is 12.9. The second-order valence-corrected chi connectivity index (χ2v) is 6.07. The van der Waals surface area contributed by atoms with E-state index in [1.807, 2.05) is 6.92 Å². The van der Waals surface area contributed by atoms with Crippen molar-refractivity contribution in [1.29, 1.82) is 0 Å². The Kier molecular flexibility index (Phi) is 5.51. The number of hydrogen-bond donors (Lipinski definition) is 0. The molecule has 1 aliphatic rings. The molecule has 1 amide bonds. The summed E-state index contributed by atoms with van der Waals surface area (Å²) in [5.74, 6) is -0.644. The van der Waals surface area contributed by atoms with Crippen molar-refractivity contribution in [1.82, 2.24) is 0 Å². The molecule has 0 spiro atoms. The van der Waals surface area contributed by atoms with Gasteiger partial charge < -0.3 is 14.4 Å². The van der Waals surface area contributed by atoms with E-state index < -0.39 is 11.9 Å². The zero-order valence-corrected chi connectivity index (χ0v) is 14.5. The lowest BCUT2D eigenvalue weighted by molar-refractivity contribution is -0.149. The topological polar surface area (TPSA) is 55.8 Å². The number of hydrogen-bond acceptors (Lipinski definition) is 4. The second kappa shape index (κ2) is 7.99. The minimum absolute atomic E-state index is 0.0624. The van der Waals surface area contributed by atoms with Crippen LogP contribution in [0.15, 0.2) is 48.5 Å². The average Bonchev–Trinajstić information content (AvgIpc) is 3.04. The van der Waals surface area contributed by atoms with Gasteiger partial charge in [0, 0.05) is 18.7 Å². The number of esters is 1. The molecule has 1 atom stereocenters. The van der Waals surface area contributed by atoms with E-state index in [-0.39, 0.29) is 31.3 Å². The van der Waals surface area contributed by atoms with Gasteiger partial charge in [0.2, 0.25) is 5.91 Å². The Bertz CT molecular complexity index is 773. The summed E-state index contributed by atoms with van der Waals surface area (Å²) in [5, 5.41) is 0. The van der Waals surface area contributed by atoms with Crippen molar-refractivity contribution in [3.63, 3.8) is 0 Å². The van der Waals surface area contributed by atoms with E-state index in [1.54, 1.807) is 41.3 Å². The van der Waals surface area contributed by atoms with Gasteiger partial charge in [-0.15, -0.1) is 0 Å². The van der Waals surface area contributed by atoms with Crippen LogP contribution in [0.25, 0.3) is 0 Å². The lowest BCUT2D eigenvalue weighted by Crippen LogP contribution is -2.26. The van der Waals surface area contributed by atoms with Crippen LogP contribution in [0.5, 0.6) is 5.75 Å². The summed E-state index contributed by atoms with van der Waals surface area (Å²) in [6, 6.07) is 13.0. The fourth-order valence-electron chi connectivity index (χ4n) is 2.86. The van der Waals surface area contributed by atoms with Crippen molar-refractivity contribution in [2.24, 2.45) is 5.92 Å². The molecule has 1 saturated heterocycles. The summed E-state index contributed by atoms with van der Waals surface area (Å²) >= 11 is 0. The van der Waals surface area contributed by atoms with Gasteiger partial charge in [-0.05, 0) is 48.9 Å². The highest BCUT2D eigenvalue weighted by Crippen LogP contribution is 2.27. The van der Waals surface area contributed by atoms with Gasteiger partial charge in [0.25, 0.3) is 0 Å². The standard InChI is InChI=1S/C20H20FNO4/c1-2-25-18-9-7-17(8-10-18)22-12-15(11-19(22)23)20(24)26-13-14-3-5-16(21)6-4-14/h3-10,15H,2,11-13H2,1H3. The largest absolute Gasteiger partial charge is 0.494 e. The van der Waals surface area contributed by atoms with Crippen LogP contribution in [0.1, 0.15) is 18.9 Å². The first-order valence-corrected chi connectivity index (χ1v) is 8.51. The zero-order valence-electron chi connectivity index (χ0n) is 14.5. The summed E-state index contributed by atoms with van der Waals surface area (Å²) in [6.45, 7) is 2.83. The molecule has 26 heavy (non-hydrogen) atoms. The first-order chi connectivity index (χ1) is 12.6. The fourth-order valence-corrected chi connectivity index (χ4v) is 2.86. The highest BCUT2D eigenvalue weighted by Gasteiger charge is 2.36. The number of benzene rings is 2. The molecule has 0 saturated carbocycles. The van der Waals surface area contributed by atoms with Gasteiger partial charge in [-0.3, -0.25) is 9.59 Å². The van der Waals surface area contributed by atoms with Crippen LogP contribution < -0.4 is 9.64 Å². The van der Waals surface area contributed by atoms with Crippen LogP contribution >= 0.6 is 0 Å². The fraction of sp³-hybridized carbons (Fsp3) is 0.300. The van der Waals surface area contributed by atoms with Gasteiger partial charge >= 0.3 is 5.97 Å². The van der Waals surface area contributed by atoms with Crippen molar-refractivity contribution in [3.05, 3.63) is 59.9 Å². The second-order valence-electron chi connectivity index (χ2n) is 6.07. The molecule has 1 aliphatic heterocycles.